The molecule has 5 atom stereocenters. The summed E-state index contributed by atoms with van der Waals surface area (Å²) in [4.78, 5) is 41.3. The molecule has 2 bridgehead atoms. The second-order valence-electron chi connectivity index (χ2n) is 9.01. The zero-order valence-electron chi connectivity index (χ0n) is 18.1. The van der Waals surface area contributed by atoms with Crippen molar-refractivity contribution in [1.82, 2.24) is 15.5 Å². The van der Waals surface area contributed by atoms with Crippen LogP contribution in [0.2, 0.25) is 0 Å². The number of aliphatic hydroxyl groups is 1. The maximum atomic E-state index is 13.6. The molecule has 0 aromatic heterocycles. The van der Waals surface area contributed by atoms with Crippen LogP contribution >= 0.6 is 0 Å². The van der Waals surface area contributed by atoms with Gasteiger partial charge in [-0.25, -0.2) is 0 Å². The molecule has 3 saturated heterocycles. The Morgan fingerprint density at radius 2 is 1.94 bits per heavy atom. The Morgan fingerprint density at radius 3 is 2.61 bits per heavy atom. The quantitative estimate of drug-likeness (QED) is 0.524. The molecule has 3 N–H and O–H groups in total. The fourth-order valence-corrected chi connectivity index (χ4v) is 5.80. The van der Waals surface area contributed by atoms with Crippen molar-refractivity contribution < 1.29 is 24.2 Å². The number of hydrogen-bond acceptors (Lipinski definition) is 5. The van der Waals surface area contributed by atoms with Crippen LogP contribution in [0.15, 0.2) is 30.3 Å². The van der Waals surface area contributed by atoms with Gasteiger partial charge in [-0.1, -0.05) is 30.3 Å². The van der Waals surface area contributed by atoms with Crippen LogP contribution in [0.25, 0.3) is 0 Å². The number of ether oxygens (including phenoxy) is 1. The van der Waals surface area contributed by atoms with Crippen molar-refractivity contribution in [3.05, 3.63) is 35.9 Å². The lowest BCUT2D eigenvalue weighted by Crippen LogP contribution is -2.55. The first kappa shape index (κ1) is 21.8. The summed E-state index contributed by atoms with van der Waals surface area (Å²) in [5.74, 6) is -1.97. The summed E-state index contributed by atoms with van der Waals surface area (Å²) in [5.41, 5.74) is -0.786. The average molecular weight is 430 g/mol. The van der Waals surface area contributed by atoms with E-state index in [1.54, 1.807) is 11.9 Å². The van der Waals surface area contributed by atoms with Crippen LogP contribution < -0.4 is 10.6 Å². The molecule has 1 aromatic carbocycles. The van der Waals surface area contributed by atoms with Gasteiger partial charge in [0.25, 0.3) is 0 Å². The third-order valence-corrected chi connectivity index (χ3v) is 7.17. The minimum atomic E-state index is -0.997. The molecule has 1 aromatic rings. The van der Waals surface area contributed by atoms with E-state index < -0.39 is 29.1 Å². The molecule has 3 heterocycles. The summed E-state index contributed by atoms with van der Waals surface area (Å²) in [5, 5.41) is 14.8. The zero-order valence-corrected chi connectivity index (χ0v) is 18.1. The molecule has 4 rings (SSSR count). The Hall–Kier alpha value is -2.45. The van der Waals surface area contributed by atoms with Crippen molar-refractivity contribution in [1.29, 1.82) is 0 Å². The standard InChI is InChI=1S/C23H31N3O5/c1-22-10-11-23(31-22)17(16(22)19(28)24-2)21(30)26(12-6-7-13-27)18(23)20(29)25-14-15-8-4-3-5-9-15/h3-5,8-9,16-18,27H,6-7,10-14H2,1-2H3,(H,24,28)(H,25,29)/t16-,17-,18?,22+,23?/m0/s1. The first-order chi connectivity index (χ1) is 14.9. The summed E-state index contributed by atoms with van der Waals surface area (Å²) >= 11 is 0. The predicted octanol–water partition coefficient (Wildman–Crippen LogP) is 0.586. The van der Waals surface area contributed by atoms with E-state index in [1.165, 1.54) is 0 Å². The molecule has 0 saturated carbocycles. The number of amides is 3. The number of likely N-dealkylation sites (tertiary alicyclic amines) is 1. The van der Waals surface area contributed by atoms with Gasteiger partial charge >= 0.3 is 0 Å². The van der Waals surface area contributed by atoms with Crippen molar-refractivity contribution in [2.24, 2.45) is 11.8 Å². The summed E-state index contributed by atoms with van der Waals surface area (Å²) in [7, 11) is 1.56. The molecule has 31 heavy (non-hydrogen) atoms. The highest BCUT2D eigenvalue weighted by atomic mass is 16.5. The Kier molecular flexibility index (Phi) is 5.79. The lowest BCUT2D eigenvalue weighted by molar-refractivity contribution is -0.146. The average Bonchev–Trinajstić information content (AvgIpc) is 3.33. The number of aliphatic hydroxyl groups excluding tert-OH is 1. The SMILES string of the molecule is CNC(=O)[C@@H]1[C@H]2C(=O)N(CCCCO)C(C(=O)NCc3ccccc3)C23CC[C@@]1(C)O3. The van der Waals surface area contributed by atoms with Gasteiger partial charge in [-0.2, -0.15) is 0 Å². The van der Waals surface area contributed by atoms with E-state index in [0.29, 0.717) is 38.8 Å². The topological polar surface area (TPSA) is 108 Å². The number of carbonyl (C=O) groups excluding carboxylic acids is 3. The molecule has 8 nitrogen and oxygen atoms in total. The number of benzene rings is 1. The third kappa shape index (κ3) is 3.42. The largest absolute Gasteiger partial charge is 0.396 e. The summed E-state index contributed by atoms with van der Waals surface area (Å²) in [6, 6.07) is 8.81. The number of nitrogens with zero attached hydrogens (tertiary/aromatic N) is 1. The van der Waals surface area contributed by atoms with Crippen LogP contribution in [-0.2, 0) is 25.7 Å². The molecule has 3 aliphatic rings. The molecule has 8 heteroatoms. The molecule has 1 spiro atoms. The first-order valence-corrected chi connectivity index (χ1v) is 11.0. The van der Waals surface area contributed by atoms with Crippen LogP contribution in [0.3, 0.4) is 0 Å². The van der Waals surface area contributed by atoms with Crippen molar-refractivity contribution >= 4 is 17.7 Å². The predicted molar refractivity (Wildman–Crippen MR) is 113 cm³/mol. The van der Waals surface area contributed by atoms with Gasteiger partial charge < -0.3 is 25.4 Å². The number of carbonyl (C=O) groups is 3. The molecule has 3 aliphatic heterocycles. The van der Waals surface area contributed by atoms with Crippen LogP contribution in [0, 0.1) is 11.8 Å². The van der Waals surface area contributed by atoms with Crippen molar-refractivity contribution in [3.63, 3.8) is 0 Å². The summed E-state index contributed by atoms with van der Waals surface area (Å²) in [6.45, 7) is 2.60. The van der Waals surface area contributed by atoms with Gasteiger partial charge in [-0.15, -0.1) is 0 Å². The summed E-state index contributed by atoms with van der Waals surface area (Å²) in [6.07, 6.45) is 2.31. The van der Waals surface area contributed by atoms with Crippen molar-refractivity contribution in [2.75, 3.05) is 20.2 Å². The van der Waals surface area contributed by atoms with Crippen LogP contribution in [0.5, 0.6) is 0 Å². The van der Waals surface area contributed by atoms with E-state index in [9.17, 15) is 19.5 Å². The molecule has 168 valence electrons. The van der Waals surface area contributed by atoms with Gasteiger partial charge in [0.1, 0.15) is 11.6 Å². The Bertz CT molecular complexity index is 862. The van der Waals surface area contributed by atoms with Gasteiger partial charge in [0.15, 0.2) is 0 Å². The van der Waals surface area contributed by atoms with E-state index in [1.807, 2.05) is 37.3 Å². The van der Waals surface area contributed by atoms with E-state index in [2.05, 4.69) is 10.6 Å². The number of rotatable bonds is 8. The maximum Gasteiger partial charge on any atom is 0.246 e. The summed E-state index contributed by atoms with van der Waals surface area (Å²) < 4.78 is 6.47. The highest BCUT2D eigenvalue weighted by Gasteiger charge is 2.77. The minimum Gasteiger partial charge on any atom is -0.396 e. The highest BCUT2D eigenvalue weighted by Crippen LogP contribution is 2.63. The van der Waals surface area contributed by atoms with Gasteiger partial charge in [-0.3, -0.25) is 14.4 Å². The number of hydrogen-bond donors (Lipinski definition) is 3. The van der Waals surface area contributed by atoms with Gasteiger partial charge in [-0.05, 0) is 38.2 Å². The van der Waals surface area contributed by atoms with Gasteiger partial charge in [0, 0.05) is 26.7 Å². The van der Waals surface area contributed by atoms with E-state index in [0.717, 1.165) is 5.56 Å². The van der Waals surface area contributed by atoms with Crippen LogP contribution in [0.1, 0.15) is 38.2 Å². The Morgan fingerprint density at radius 1 is 1.19 bits per heavy atom. The first-order valence-electron chi connectivity index (χ1n) is 11.0. The van der Waals surface area contributed by atoms with E-state index in [-0.39, 0.29) is 24.3 Å². The van der Waals surface area contributed by atoms with Gasteiger partial charge in [0.2, 0.25) is 17.7 Å². The molecule has 0 radical (unpaired) electrons. The lowest BCUT2D eigenvalue weighted by Gasteiger charge is -2.33. The molecule has 0 aliphatic carbocycles. The number of nitrogens with one attached hydrogen (secondary N) is 2. The van der Waals surface area contributed by atoms with Gasteiger partial charge in [0.05, 0.1) is 17.4 Å². The molecule has 3 fully saturated rings. The fourth-order valence-electron chi connectivity index (χ4n) is 5.80. The molecular formula is C23H31N3O5. The van der Waals surface area contributed by atoms with Crippen molar-refractivity contribution in [3.8, 4) is 0 Å². The number of fused-ring (bicyclic) bond motifs is 1. The molecule has 2 unspecified atom stereocenters. The van der Waals surface area contributed by atoms with E-state index >= 15 is 0 Å². The Labute approximate surface area is 182 Å². The zero-order chi connectivity index (χ0) is 22.2. The minimum absolute atomic E-state index is 0.0247. The second-order valence-corrected chi connectivity index (χ2v) is 9.01. The van der Waals surface area contributed by atoms with Crippen LogP contribution in [0.4, 0.5) is 0 Å². The molecular weight excluding hydrogens is 398 g/mol. The number of unbranched alkanes of at least 4 members (excludes halogenated alkanes) is 1. The highest BCUT2D eigenvalue weighted by molar-refractivity contribution is 5.99. The van der Waals surface area contributed by atoms with Crippen molar-refractivity contribution in [2.45, 2.75) is 56.4 Å². The smallest absolute Gasteiger partial charge is 0.246 e. The maximum absolute atomic E-state index is 13.6. The monoisotopic (exact) mass is 429 g/mol. The second kappa shape index (κ2) is 8.24. The van der Waals surface area contributed by atoms with Crippen LogP contribution in [-0.4, -0.2) is 65.2 Å². The normalized spacial score (nSPS) is 33.5. The fraction of sp³-hybridized carbons (Fsp3) is 0.609. The Balaban J connectivity index is 1.64. The van der Waals surface area contributed by atoms with E-state index in [4.69, 9.17) is 4.74 Å². The lowest BCUT2D eigenvalue weighted by atomic mass is 9.66. The third-order valence-electron chi connectivity index (χ3n) is 7.17. The molecule has 3 amide bonds.